The third kappa shape index (κ3) is 7.84. The zero-order valence-corrected chi connectivity index (χ0v) is 26.5. The fourth-order valence-electron chi connectivity index (χ4n) is 7.05. The van der Waals surface area contributed by atoms with Gasteiger partial charge >= 0.3 is 18.5 Å². The van der Waals surface area contributed by atoms with Gasteiger partial charge in [-0.05, 0) is 110 Å². The molecule has 7 nitrogen and oxygen atoms in total. The van der Waals surface area contributed by atoms with Crippen LogP contribution in [0, 0.1) is 11.8 Å². The van der Waals surface area contributed by atoms with Crippen molar-refractivity contribution >= 4 is 11.6 Å². The van der Waals surface area contributed by atoms with Crippen LogP contribution in [0.3, 0.4) is 0 Å². The van der Waals surface area contributed by atoms with E-state index in [1.807, 2.05) is 6.92 Å². The second kappa shape index (κ2) is 13.4. The van der Waals surface area contributed by atoms with Crippen LogP contribution < -0.4 is 9.80 Å². The monoisotopic (exact) mass is 692 g/mol. The number of hydrogen-bond donors (Lipinski definition) is 1. The summed E-state index contributed by atoms with van der Waals surface area (Å²) in [4.78, 5) is 4.47. The molecule has 1 aliphatic heterocycles. The molecule has 0 spiro atoms. The van der Waals surface area contributed by atoms with Crippen molar-refractivity contribution in [2.75, 3.05) is 16.3 Å². The van der Waals surface area contributed by atoms with E-state index in [0.717, 1.165) is 42.6 Å². The highest BCUT2D eigenvalue weighted by Crippen LogP contribution is 2.47. The molecule has 264 valence electrons. The Labute approximate surface area is 271 Å². The number of halogens is 9. The van der Waals surface area contributed by atoms with E-state index in [-0.39, 0.29) is 47.4 Å². The number of fused-ring (bicyclic) bond motifs is 1. The Morgan fingerprint density at radius 3 is 1.98 bits per heavy atom. The lowest BCUT2D eigenvalue weighted by molar-refractivity contribution is -0.143. The minimum Gasteiger partial charge on any atom is -0.393 e. The van der Waals surface area contributed by atoms with E-state index in [4.69, 9.17) is 0 Å². The molecule has 48 heavy (non-hydrogen) atoms. The first-order valence-corrected chi connectivity index (χ1v) is 15.8. The summed E-state index contributed by atoms with van der Waals surface area (Å²) < 4.78 is 125. The molecule has 1 saturated carbocycles. The van der Waals surface area contributed by atoms with E-state index in [9.17, 15) is 44.6 Å². The molecule has 1 fully saturated rings. The minimum atomic E-state index is -5.09. The Hall–Kier alpha value is -3.56. The van der Waals surface area contributed by atoms with Crippen LogP contribution in [0.5, 0.6) is 0 Å². The van der Waals surface area contributed by atoms with E-state index < -0.39 is 53.9 Å². The Bertz CT molecular complexity index is 1530. The van der Waals surface area contributed by atoms with Crippen molar-refractivity contribution in [3.05, 3.63) is 64.2 Å². The largest absolute Gasteiger partial charge is 0.416 e. The Balaban J connectivity index is 1.60. The zero-order chi connectivity index (χ0) is 35.2. The van der Waals surface area contributed by atoms with Crippen LogP contribution in [0.25, 0.3) is 0 Å². The lowest BCUT2D eigenvalue weighted by Gasteiger charge is -2.47. The number of nitrogens with zero attached hydrogens (tertiary/aromatic N) is 6. The first-order valence-electron chi connectivity index (χ1n) is 15.8. The van der Waals surface area contributed by atoms with E-state index in [1.54, 1.807) is 6.92 Å². The van der Waals surface area contributed by atoms with Crippen molar-refractivity contribution < 1.29 is 44.6 Å². The number of aliphatic hydroxyl groups is 1. The van der Waals surface area contributed by atoms with Crippen molar-refractivity contribution in [1.82, 2.24) is 20.2 Å². The van der Waals surface area contributed by atoms with Gasteiger partial charge in [0.15, 0.2) is 0 Å². The van der Waals surface area contributed by atoms with Crippen molar-refractivity contribution in [2.24, 2.45) is 18.9 Å². The number of alkyl halides is 9. The van der Waals surface area contributed by atoms with E-state index >= 15 is 0 Å². The van der Waals surface area contributed by atoms with Crippen LogP contribution in [-0.2, 0) is 32.1 Å². The van der Waals surface area contributed by atoms with Gasteiger partial charge in [-0.25, -0.2) is 0 Å². The molecule has 2 aromatic carbocycles. The Morgan fingerprint density at radius 2 is 1.48 bits per heavy atom. The molecule has 2 aliphatic rings. The minimum absolute atomic E-state index is 0.0274. The van der Waals surface area contributed by atoms with Crippen molar-refractivity contribution in [3.8, 4) is 0 Å². The fourth-order valence-corrected chi connectivity index (χ4v) is 7.05. The van der Waals surface area contributed by atoms with Gasteiger partial charge in [0.25, 0.3) is 5.95 Å². The number of aliphatic hydroxyl groups excluding tert-OH is 1. The average molecular weight is 693 g/mol. The molecule has 3 atom stereocenters. The fraction of sp³-hybridized carbons (Fsp3) is 0.594. The van der Waals surface area contributed by atoms with Gasteiger partial charge in [-0.1, -0.05) is 12.0 Å². The number of hydrogen-bond acceptors (Lipinski definition) is 6. The van der Waals surface area contributed by atoms with Crippen molar-refractivity contribution in [1.29, 1.82) is 0 Å². The van der Waals surface area contributed by atoms with Gasteiger partial charge in [0.05, 0.1) is 35.9 Å². The second-order valence-electron chi connectivity index (χ2n) is 12.9. The third-order valence-electron chi connectivity index (χ3n) is 9.59. The van der Waals surface area contributed by atoms with Gasteiger partial charge in [-0.3, -0.25) is 0 Å². The first kappa shape index (κ1) is 35.7. The first-order chi connectivity index (χ1) is 22.3. The number of benzene rings is 2. The van der Waals surface area contributed by atoms with Gasteiger partial charge in [0, 0.05) is 24.8 Å². The molecule has 5 rings (SSSR count). The normalized spacial score (nSPS) is 22.8. The topological polar surface area (TPSA) is 70.3 Å². The summed E-state index contributed by atoms with van der Waals surface area (Å²) >= 11 is 0. The number of aryl methyl sites for hydroxylation is 1. The molecule has 1 aliphatic carbocycles. The number of tetrazole rings is 1. The van der Waals surface area contributed by atoms with E-state index in [1.165, 1.54) is 18.0 Å². The average Bonchev–Trinajstić information content (AvgIpc) is 3.44. The highest BCUT2D eigenvalue weighted by Gasteiger charge is 2.42. The van der Waals surface area contributed by atoms with E-state index in [0.29, 0.717) is 30.8 Å². The molecule has 3 aromatic rings. The van der Waals surface area contributed by atoms with Crippen LogP contribution in [0.2, 0.25) is 0 Å². The van der Waals surface area contributed by atoms with Crippen LogP contribution in [0.4, 0.5) is 51.1 Å². The maximum absolute atomic E-state index is 14.1. The highest BCUT2D eigenvalue weighted by atomic mass is 19.4. The number of rotatable bonds is 8. The van der Waals surface area contributed by atoms with Crippen molar-refractivity contribution in [2.45, 2.75) is 95.6 Å². The number of anilines is 2. The smallest absolute Gasteiger partial charge is 0.393 e. The molecule has 0 radical (unpaired) electrons. The Kier molecular flexibility index (Phi) is 9.97. The summed E-state index contributed by atoms with van der Waals surface area (Å²) in [6.07, 6.45) is -11.3. The molecule has 2 unspecified atom stereocenters. The standard InChI is InChI=1S/C32H37F9N6O/c1-4-25-15-28(26-14-22(30(33,34)35)9-10-27(26)46(25)16-19-5-7-21(8-6-19)18(2)48)47(29-42-44-45(3)43-29)17-20-11-23(31(36,37)38)13-24(12-20)32(39,40)41/h9-14,18-19,21,25,28,48H,4-8,15-17H2,1-3H3/t18-,19-,21-,25?,28?/m1/s1. The van der Waals surface area contributed by atoms with E-state index in [2.05, 4.69) is 20.3 Å². The molecule has 0 bridgehead atoms. The van der Waals surface area contributed by atoms with Gasteiger partial charge < -0.3 is 14.9 Å². The second-order valence-corrected chi connectivity index (χ2v) is 12.9. The lowest BCUT2D eigenvalue weighted by Crippen LogP contribution is -2.47. The molecule has 1 N–H and O–H groups in total. The highest BCUT2D eigenvalue weighted by molar-refractivity contribution is 5.62. The number of aromatic nitrogens is 4. The Morgan fingerprint density at radius 1 is 0.875 bits per heavy atom. The lowest BCUT2D eigenvalue weighted by atomic mass is 9.78. The molecule has 16 heteroatoms. The predicted molar refractivity (Wildman–Crippen MR) is 159 cm³/mol. The SMILES string of the molecule is CCC1CC(N(Cc2cc(C(F)(F)F)cc(C(F)(F)F)c2)c2nnn(C)n2)c2cc(C(F)(F)F)ccc2N1C[C@H]1CC[C@H]([C@@H](C)O)CC1. The van der Waals surface area contributed by atoms with Crippen LogP contribution in [-0.4, -0.2) is 44.0 Å². The molecular formula is C32H37F9N6O. The van der Waals surface area contributed by atoms with Gasteiger partial charge in [-0.2, -0.15) is 44.3 Å². The third-order valence-corrected chi connectivity index (χ3v) is 9.59. The van der Waals surface area contributed by atoms with Crippen LogP contribution in [0.1, 0.15) is 86.2 Å². The van der Waals surface area contributed by atoms with Gasteiger partial charge in [0.2, 0.25) is 0 Å². The van der Waals surface area contributed by atoms with Gasteiger partial charge in [0.1, 0.15) is 0 Å². The van der Waals surface area contributed by atoms with Crippen LogP contribution in [0.15, 0.2) is 36.4 Å². The molecular weight excluding hydrogens is 655 g/mol. The van der Waals surface area contributed by atoms with Crippen LogP contribution >= 0.6 is 0 Å². The summed E-state index contributed by atoms with van der Waals surface area (Å²) in [5.41, 5.74) is -3.62. The summed E-state index contributed by atoms with van der Waals surface area (Å²) in [6, 6.07) is 3.41. The summed E-state index contributed by atoms with van der Waals surface area (Å²) in [6.45, 7) is 3.65. The summed E-state index contributed by atoms with van der Waals surface area (Å²) in [7, 11) is 1.42. The zero-order valence-electron chi connectivity index (χ0n) is 26.5. The van der Waals surface area contributed by atoms with Crippen molar-refractivity contribution in [3.63, 3.8) is 0 Å². The predicted octanol–water partition coefficient (Wildman–Crippen LogP) is 8.19. The maximum atomic E-state index is 14.1. The van der Waals surface area contributed by atoms with Gasteiger partial charge in [-0.15, -0.1) is 5.10 Å². The molecule has 2 heterocycles. The molecule has 1 aromatic heterocycles. The quantitative estimate of drug-likeness (QED) is 0.240. The summed E-state index contributed by atoms with van der Waals surface area (Å²) in [5.74, 6) is 0.235. The maximum Gasteiger partial charge on any atom is 0.416 e. The summed E-state index contributed by atoms with van der Waals surface area (Å²) in [5, 5.41) is 22.0. The molecule has 0 amide bonds. The molecule has 0 saturated heterocycles.